The van der Waals surface area contributed by atoms with Gasteiger partial charge in [0.05, 0.1) is 11.4 Å². The van der Waals surface area contributed by atoms with Crippen molar-refractivity contribution < 1.29 is 9.59 Å². The minimum absolute atomic E-state index is 0.332. The summed E-state index contributed by atoms with van der Waals surface area (Å²) >= 11 is 0. The molecular weight excluding hydrogens is 320 g/mol. The second-order valence-corrected chi connectivity index (χ2v) is 6.82. The Morgan fingerprint density at radius 1 is 1.16 bits per heavy atom. The van der Waals surface area contributed by atoms with Crippen molar-refractivity contribution in [2.24, 2.45) is 19.8 Å². The second-order valence-electron chi connectivity index (χ2n) is 6.82. The van der Waals surface area contributed by atoms with Crippen LogP contribution in [0.15, 0.2) is 6.07 Å². The lowest BCUT2D eigenvalue weighted by molar-refractivity contribution is -0.123. The summed E-state index contributed by atoms with van der Waals surface area (Å²) in [6, 6.07) is 1.73. The van der Waals surface area contributed by atoms with Gasteiger partial charge < -0.3 is 11.1 Å². The van der Waals surface area contributed by atoms with Gasteiger partial charge in [0.2, 0.25) is 5.91 Å². The van der Waals surface area contributed by atoms with E-state index in [1.54, 1.807) is 17.8 Å². The number of nitrogens with two attached hydrogens (primary N) is 1. The fourth-order valence-electron chi connectivity index (χ4n) is 3.64. The van der Waals surface area contributed by atoms with Crippen LogP contribution in [0.2, 0.25) is 0 Å². The molecule has 134 valence electrons. The van der Waals surface area contributed by atoms with Gasteiger partial charge in [-0.1, -0.05) is 12.8 Å². The van der Waals surface area contributed by atoms with E-state index in [4.69, 9.17) is 5.73 Å². The molecule has 0 spiro atoms. The molecule has 1 aliphatic rings. The first kappa shape index (κ1) is 17.2. The van der Waals surface area contributed by atoms with Gasteiger partial charge in [-0.3, -0.25) is 19.0 Å². The summed E-state index contributed by atoms with van der Waals surface area (Å²) in [6.45, 7) is 3.88. The first-order chi connectivity index (χ1) is 11.7. The Bertz CT molecular complexity index is 842. The van der Waals surface area contributed by atoms with Crippen molar-refractivity contribution in [3.8, 4) is 11.3 Å². The number of hydrogen-bond acceptors (Lipinski definition) is 4. The minimum Gasteiger partial charge on any atom is -0.368 e. The molecule has 1 aliphatic carbocycles. The first-order valence-electron chi connectivity index (χ1n) is 8.42. The molecule has 2 aromatic heterocycles. The minimum atomic E-state index is -0.943. The average Bonchev–Trinajstić information content (AvgIpc) is 3.20. The molecule has 2 amide bonds. The maximum absolute atomic E-state index is 12.8. The predicted molar refractivity (Wildman–Crippen MR) is 92.7 cm³/mol. The molecule has 1 saturated carbocycles. The molecule has 0 radical (unpaired) electrons. The fourth-order valence-corrected chi connectivity index (χ4v) is 3.64. The molecule has 0 aliphatic heterocycles. The highest BCUT2D eigenvalue weighted by Gasteiger charge is 2.41. The van der Waals surface area contributed by atoms with Gasteiger partial charge in [0.25, 0.3) is 5.91 Å². The Morgan fingerprint density at radius 3 is 2.32 bits per heavy atom. The van der Waals surface area contributed by atoms with Gasteiger partial charge >= 0.3 is 0 Å². The summed E-state index contributed by atoms with van der Waals surface area (Å²) in [5.41, 5.74) is 8.44. The Labute approximate surface area is 146 Å². The molecule has 0 saturated heterocycles. The lowest BCUT2D eigenvalue weighted by Gasteiger charge is -2.26. The van der Waals surface area contributed by atoms with E-state index in [-0.39, 0.29) is 5.91 Å². The highest BCUT2D eigenvalue weighted by molar-refractivity contribution is 5.98. The summed E-state index contributed by atoms with van der Waals surface area (Å²) in [7, 11) is 3.59. The molecule has 0 aromatic carbocycles. The summed E-state index contributed by atoms with van der Waals surface area (Å²) in [6.07, 6.45) is 2.93. The van der Waals surface area contributed by atoms with E-state index >= 15 is 0 Å². The monoisotopic (exact) mass is 344 g/mol. The normalized spacial score (nSPS) is 16.2. The van der Waals surface area contributed by atoms with Crippen molar-refractivity contribution in [2.45, 2.75) is 45.1 Å². The number of aromatic nitrogens is 4. The molecule has 2 heterocycles. The highest BCUT2D eigenvalue weighted by Crippen LogP contribution is 2.30. The Kier molecular flexibility index (Phi) is 4.14. The number of hydrogen-bond donors (Lipinski definition) is 2. The number of rotatable bonds is 4. The number of carbonyl (C=O) groups is 2. The van der Waals surface area contributed by atoms with Crippen LogP contribution in [0.1, 0.15) is 47.6 Å². The number of nitrogens with one attached hydrogen (secondary N) is 1. The molecular formula is C17H24N6O2. The van der Waals surface area contributed by atoms with E-state index in [0.29, 0.717) is 24.2 Å². The van der Waals surface area contributed by atoms with Crippen LogP contribution in [-0.4, -0.2) is 36.9 Å². The molecule has 0 unspecified atom stereocenters. The number of primary amides is 1. The quantitative estimate of drug-likeness (QED) is 0.861. The van der Waals surface area contributed by atoms with Gasteiger partial charge in [-0.15, -0.1) is 0 Å². The van der Waals surface area contributed by atoms with Crippen LogP contribution in [-0.2, 0) is 18.9 Å². The molecule has 8 heteroatoms. The van der Waals surface area contributed by atoms with Gasteiger partial charge in [0.1, 0.15) is 11.2 Å². The number of carbonyl (C=O) groups excluding carboxylic acids is 2. The Balaban J connectivity index is 1.92. The van der Waals surface area contributed by atoms with Crippen LogP contribution >= 0.6 is 0 Å². The van der Waals surface area contributed by atoms with Gasteiger partial charge in [-0.05, 0) is 32.8 Å². The molecule has 0 bridgehead atoms. The zero-order chi connectivity index (χ0) is 18.4. The standard InChI is InChI=1S/C17H24N6O2/c1-10-14(11(2)22(3)20-10)12-9-13(23(4)21-12)15(24)19-17(16(18)25)7-5-6-8-17/h9H,5-8H2,1-4H3,(H2,18,25)(H,19,24). The van der Waals surface area contributed by atoms with E-state index in [1.165, 1.54) is 4.68 Å². The van der Waals surface area contributed by atoms with Crippen LogP contribution in [0.5, 0.6) is 0 Å². The summed E-state index contributed by atoms with van der Waals surface area (Å²) in [5, 5.41) is 11.7. The number of nitrogens with zero attached hydrogens (tertiary/aromatic N) is 4. The van der Waals surface area contributed by atoms with E-state index < -0.39 is 11.4 Å². The van der Waals surface area contributed by atoms with E-state index in [1.807, 2.05) is 20.9 Å². The highest BCUT2D eigenvalue weighted by atomic mass is 16.2. The van der Waals surface area contributed by atoms with Crippen LogP contribution in [0, 0.1) is 13.8 Å². The molecule has 3 N–H and O–H groups in total. The zero-order valence-corrected chi connectivity index (χ0v) is 15.1. The first-order valence-corrected chi connectivity index (χ1v) is 8.42. The SMILES string of the molecule is Cc1nn(C)c(C)c1-c1cc(C(=O)NC2(C(N)=O)CCCC2)n(C)n1. The summed E-state index contributed by atoms with van der Waals surface area (Å²) in [4.78, 5) is 24.6. The van der Waals surface area contributed by atoms with E-state index in [9.17, 15) is 9.59 Å². The molecule has 8 nitrogen and oxygen atoms in total. The smallest absolute Gasteiger partial charge is 0.270 e. The topological polar surface area (TPSA) is 108 Å². The van der Waals surface area contributed by atoms with Crippen molar-refractivity contribution in [2.75, 3.05) is 0 Å². The zero-order valence-electron chi connectivity index (χ0n) is 15.1. The van der Waals surface area contributed by atoms with Gasteiger partial charge in [0, 0.05) is 25.4 Å². The molecule has 0 atom stereocenters. The van der Waals surface area contributed by atoms with Crippen molar-refractivity contribution in [1.82, 2.24) is 24.9 Å². The van der Waals surface area contributed by atoms with Gasteiger partial charge in [0.15, 0.2) is 0 Å². The van der Waals surface area contributed by atoms with Crippen molar-refractivity contribution in [3.05, 3.63) is 23.1 Å². The van der Waals surface area contributed by atoms with Gasteiger partial charge in [-0.2, -0.15) is 10.2 Å². The van der Waals surface area contributed by atoms with Crippen molar-refractivity contribution in [3.63, 3.8) is 0 Å². The van der Waals surface area contributed by atoms with Crippen LogP contribution in [0.25, 0.3) is 11.3 Å². The molecule has 3 rings (SSSR count). The lowest BCUT2D eigenvalue weighted by atomic mass is 9.96. The Hall–Kier alpha value is -2.64. The summed E-state index contributed by atoms with van der Waals surface area (Å²) in [5.74, 6) is -0.805. The largest absolute Gasteiger partial charge is 0.368 e. The summed E-state index contributed by atoms with van der Waals surface area (Å²) < 4.78 is 3.32. The third-order valence-electron chi connectivity index (χ3n) is 5.16. The second kappa shape index (κ2) is 6.02. The average molecular weight is 344 g/mol. The van der Waals surface area contributed by atoms with Gasteiger partial charge in [-0.25, -0.2) is 0 Å². The third kappa shape index (κ3) is 2.81. The van der Waals surface area contributed by atoms with Crippen LogP contribution in [0.3, 0.4) is 0 Å². The lowest BCUT2D eigenvalue weighted by Crippen LogP contribution is -2.55. The van der Waals surface area contributed by atoms with E-state index in [0.717, 1.165) is 29.8 Å². The van der Waals surface area contributed by atoms with E-state index in [2.05, 4.69) is 15.5 Å². The molecule has 25 heavy (non-hydrogen) atoms. The predicted octanol–water partition coefficient (Wildman–Crippen LogP) is 0.965. The van der Waals surface area contributed by atoms with Crippen LogP contribution in [0.4, 0.5) is 0 Å². The fraction of sp³-hybridized carbons (Fsp3) is 0.529. The number of aryl methyl sites for hydroxylation is 3. The van der Waals surface area contributed by atoms with Crippen LogP contribution < -0.4 is 11.1 Å². The van der Waals surface area contributed by atoms with Crippen molar-refractivity contribution in [1.29, 1.82) is 0 Å². The maximum Gasteiger partial charge on any atom is 0.270 e. The maximum atomic E-state index is 12.8. The molecule has 2 aromatic rings. The molecule has 1 fully saturated rings. The third-order valence-corrected chi connectivity index (χ3v) is 5.16. The number of amides is 2. The Morgan fingerprint density at radius 2 is 1.80 bits per heavy atom. The van der Waals surface area contributed by atoms with Crippen molar-refractivity contribution >= 4 is 11.8 Å².